The number of rotatable bonds is 12. The number of amides is 3. The number of hydrogen-bond acceptors (Lipinski definition) is 6. The number of aryl methyl sites for hydroxylation is 1. The van der Waals surface area contributed by atoms with Gasteiger partial charge in [-0.3, -0.25) is 14.4 Å². The van der Waals surface area contributed by atoms with E-state index in [1.54, 1.807) is 44.4 Å². The summed E-state index contributed by atoms with van der Waals surface area (Å²) in [5.74, 6) is -0.874. The highest BCUT2D eigenvalue weighted by atomic mass is 16.3. The van der Waals surface area contributed by atoms with Crippen molar-refractivity contribution in [1.82, 2.24) is 29.0 Å². The van der Waals surface area contributed by atoms with Crippen LogP contribution in [0.3, 0.4) is 0 Å². The van der Waals surface area contributed by atoms with Gasteiger partial charge < -0.3 is 24.6 Å². The number of aliphatic hydroxyl groups excluding tert-OH is 1. The summed E-state index contributed by atoms with van der Waals surface area (Å²) in [6, 6.07) is 19.9. The molecule has 4 heterocycles. The van der Waals surface area contributed by atoms with E-state index >= 15 is 0 Å². The van der Waals surface area contributed by atoms with E-state index in [-0.39, 0.29) is 29.7 Å². The van der Waals surface area contributed by atoms with Gasteiger partial charge in [-0.2, -0.15) is 5.10 Å². The van der Waals surface area contributed by atoms with Gasteiger partial charge in [0.25, 0.3) is 17.7 Å². The van der Waals surface area contributed by atoms with Crippen LogP contribution in [0.1, 0.15) is 87.7 Å². The van der Waals surface area contributed by atoms with Gasteiger partial charge in [0.05, 0.1) is 23.9 Å². The van der Waals surface area contributed by atoms with Crippen molar-refractivity contribution in [2.45, 2.75) is 65.5 Å². The third-order valence-corrected chi connectivity index (χ3v) is 9.09. The normalized spacial score (nSPS) is 14.1. The summed E-state index contributed by atoms with van der Waals surface area (Å²) in [6.07, 6.45) is 7.75. The van der Waals surface area contributed by atoms with E-state index in [4.69, 9.17) is 5.10 Å². The topological polar surface area (TPSA) is 125 Å². The molecule has 1 aliphatic heterocycles. The number of aliphatic hydroxyl groups is 1. The average Bonchev–Trinajstić information content (AvgIpc) is 3.74. The van der Waals surface area contributed by atoms with Crippen LogP contribution in [0.2, 0.25) is 0 Å². The number of carbonyl (C=O) groups is 3. The minimum Gasteiger partial charge on any atom is -0.394 e. The lowest BCUT2D eigenvalue weighted by Gasteiger charge is -2.36. The number of benzene rings is 2. The van der Waals surface area contributed by atoms with Gasteiger partial charge in [0.2, 0.25) is 0 Å². The molecule has 0 unspecified atom stereocenters. The maximum absolute atomic E-state index is 14.6. The van der Waals surface area contributed by atoms with Crippen LogP contribution >= 0.6 is 0 Å². The average molecular weight is 662 g/mol. The zero-order valence-electron chi connectivity index (χ0n) is 28.3. The first-order valence-corrected chi connectivity index (χ1v) is 17.0. The Balaban J connectivity index is 1.37. The fraction of sp³-hybridized carbons (Fsp3) is 0.342. The van der Waals surface area contributed by atoms with Crippen molar-refractivity contribution < 1.29 is 19.5 Å². The Bertz CT molecular complexity index is 1940. The molecule has 0 saturated carbocycles. The fourth-order valence-corrected chi connectivity index (χ4v) is 6.35. The molecule has 11 heteroatoms. The largest absolute Gasteiger partial charge is 0.394 e. The SMILES string of the molecule is CCCCN(CCCC)C(=O)c1cc(C)n(-c2ccc(NC(=O)c3cn4ccccc4n3)cc2C(=O)N2Cc3ccccc3C[C@H]2CO)n1. The molecule has 0 bridgehead atoms. The van der Waals surface area contributed by atoms with Gasteiger partial charge in [0, 0.05) is 43.4 Å². The van der Waals surface area contributed by atoms with Gasteiger partial charge in [0.15, 0.2) is 5.69 Å². The molecule has 0 spiro atoms. The molecular weight excluding hydrogens is 618 g/mol. The lowest BCUT2D eigenvalue weighted by atomic mass is 9.93. The molecule has 6 rings (SSSR count). The van der Waals surface area contributed by atoms with Crippen LogP contribution in [0.15, 0.2) is 79.1 Å². The van der Waals surface area contributed by atoms with Crippen LogP contribution in [0, 0.1) is 6.92 Å². The molecular formula is C38H43N7O4. The van der Waals surface area contributed by atoms with Crippen LogP contribution in [0.4, 0.5) is 5.69 Å². The number of anilines is 1. The van der Waals surface area contributed by atoms with Crippen molar-refractivity contribution in [2.24, 2.45) is 0 Å². The summed E-state index contributed by atoms with van der Waals surface area (Å²) < 4.78 is 3.39. The summed E-state index contributed by atoms with van der Waals surface area (Å²) in [4.78, 5) is 49.5. The maximum atomic E-state index is 14.6. The zero-order valence-corrected chi connectivity index (χ0v) is 28.3. The van der Waals surface area contributed by atoms with Gasteiger partial charge in [-0.05, 0) is 73.7 Å². The second-order valence-corrected chi connectivity index (χ2v) is 12.6. The van der Waals surface area contributed by atoms with Crippen LogP contribution in [0.25, 0.3) is 11.3 Å². The second-order valence-electron chi connectivity index (χ2n) is 12.6. The molecule has 1 aliphatic rings. The van der Waals surface area contributed by atoms with Crippen LogP contribution < -0.4 is 5.32 Å². The Hall–Kier alpha value is -5.29. The standard InChI is InChI=1S/C38H43N7O4/c1-4-6-17-42(18-7-5-2)38(49)32-20-26(3)45(41-32)34-16-15-29(39-36(47)33-24-43-19-11-10-14-35(43)40-33)22-31(34)37(48)44-23-28-13-9-8-12-27(28)21-30(44)25-46/h8-16,19-20,22,24,30,46H,4-7,17-18,21,23,25H2,1-3H3,(H,39,47)/t30-/m0/s1. The first kappa shape index (κ1) is 33.6. The Morgan fingerprint density at radius 1 is 0.939 bits per heavy atom. The van der Waals surface area contributed by atoms with Gasteiger partial charge in [-0.15, -0.1) is 0 Å². The smallest absolute Gasteiger partial charge is 0.275 e. The van der Waals surface area contributed by atoms with Crippen LogP contribution in [-0.2, 0) is 13.0 Å². The summed E-state index contributed by atoms with van der Waals surface area (Å²) in [6.45, 7) is 7.49. The van der Waals surface area contributed by atoms with E-state index in [0.717, 1.165) is 36.8 Å². The number of carbonyl (C=O) groups excluding carboxylic acids is 3. The van der Waals surface area contributed by atoms with Crippen molar-refractivity contribution in [3.63, 3.8) is 0 Å². The van der Waals surface area contributed by atoms with Crippen LogP contribution in [-0.4, -0.2) is 77.5 Å². The van der Waals surface area contributed by atoms with E-state index < -0.39 is 11.9 Å². The number of hydrogen-bond donors (Lipinski definition) is 2. The summed E-state index contributed by atoms with van der Waals surface area (Å²) in [5.41, 5.74) is 5.14. The quantitative estimate of drug-likeness (QED) is 0.177. The van der Waals surface area contributed by atoms with Crippen LogP contribution in [0.5, 0.6) is 0 Å². The van der Waals surface area contributed by atoms with E-state index in [1.165, 1.54) is 0 Å². The molecule has 11 nitrogen and oxygen atoms in total. The molecule has 0 saturated heterocycles. The highest BCUT2D eigenvalue weighted by molar-refractivity contribution is 6.05. The predicted octanol–water partition coefficient (Wildman–Crippen LogP) is 5.68. The number of unbranched alkanes of at least 4 members (excludes halogenated alkanes) is 2. The predicted molar refractivity (Wildman–Crippen MR) is 188 cm³/mol. The monoisotopic (exact) mass is 661 g/mol. The van der Waals surface area contributed by atoms with Crippen molar-refractivity contribution in [3.05, 3.63) is 113 Å². The lowest BCUT2D eigenvalue weighted by molar-refractivity contribution is 0.0544. The number of pyridine rings is 1. The lowest BCUT2D eigenvalue weighted by Crippen LogP contribution is -2.46. The third-order valence-electron chi connectivity index (χ3n) is 9.09. The van der Waals surface area contributed by atoms with Gasteiger partial charge in [-0.25, -0.2) is 9.67 Å². The van der Waals surface area contributed by atoms with E-state index in [9.17, 15) is 19.5 Å². The number of imidazole rings is 1. The van der Waals surface area contributed by atoms with Crippen molar-refractivity contribution in [3.8, 4) is 5.69 Å². The molecule has 5 aromatic rings. The minimum atomic E-state index is -0.437. The summed E-state index contributed by atoms with van der Waals surface area (Å²) in [5, 5.41) is 18.0. The first-order valence-electron chi connectivity index (χ1n) is 17.0. The number of nitrogens with one attached hydrogen (secondary N) is 1. The van der Waals surface area contributed by atoms with E-state index in [1.807, 2.05) is 60.5 Å². The molecule has 3 aromatic heterocycles. The molecule has 0 aliphatic carbocycles. The van der Waals surface area contributed by atoms with E-state index in [0.29, 0.717) is 54.5 Å². The number of fused-ring (bicyclic) bond motifs is 2. The number of aromatic nitrogens is 4. The Labute approximate surface area is 286 Å². The van der Waals surface area contributed by atoms with Crippen molar-refractivity contribution >= 4 is 29.1 Å². The first-order chi connectivity index (χ1) is 23.8. The van der Waals surface area contributed by atoms with Gasteiger partial charge in [-0.1, -0.05) is 57.0 Å². The Morgan fingerprint density at radius 3 is 2.39 bits per heavy atom. The summed E-state index contributed by atoms with van der Waals surface area (Å²) in [7, 11) is 0. The molecule has 3 amide bonds. The highest BCUT2D eigenvalue weighted by Gasteiger charge is 2.32. The molecule has 2 aromatic carbocycles. The molecule has 0 fully saturated rings. The minimum absolute atomic E-state index is 0.138. The highest BCUT2D eigenvalue weighted by Crippen LogP contribution is 2.29. The van der Waals surface area contributed by atoms with Gasteiger partial charge >= 0.3 is 0 Å². The second kappa shape index (κ2) is 14.9. The van der Waals surface area contributed by atoms with Gasteiger partial charge in [0.1, 0.15) is 11.3 Å². The fourth-order valence-electron chi connectivity index (χ4n) is 6.35. The molecule has 49 heavy (non-hydrogen) atoms. The molecule has 0 radical (unpaired) electrons. The summed E-state index contributed by atoms with van der Waals surface area (Å²) >= 11 is 0. The van der Waals surface area contributed by atoms with Crippen molar-refractivity contribution in [2.75, 3.05) is 25.0 Å². The van der Waals surface area contributed by atoms with Crippen molar-refractivity contribution in [1.29, 1.82) is 0 Å². The molecule has 1 atom stereocenters. The Morgan fingerprint density at radius 2 is 1.67 bits per heavy atom. The Kier molecular flexibility index (Phi) is 10.2. The maximum Gasteiger partial charge on any atom is 0.275 e. The molecule has 254 valence electrons. The third kappa shape index (κ3) is 7.12. The molecule has 2 N–H and O–H groups in total. The zero-order chi connectivity index (χ0) is 34.5. The van der Waals surface area contributed by atoms with E-state index in [2.05, 4.69) is 24.1 Å². The number of nitrogens with zero attached hydrogens (tertiary/aromatic N) is 6.